The van der Waals surface area contributed by atoms with Crippen molar-refractivity contribution in [1.82, 2.24) is 5.43 Å². The van der Waals surface area contributed by atoms with E-state index < -0.39 is 6.03 Å². The minimum absolute atomic E-state index is 0.124. The summed E-state index contributed by atoms with van der Waals surface area (Å²) >= 11 is 0. The van der Waals surface area contributed by atoms with Crippen LogP contribution in [0.2, 0.25) is 0 Å². The minimum Gasteiger partial charge on any atom is -0.350 e. The van der Waals surface area contributed by atoms with Crippen LogP contribution < -0.4 is 11.2 Å². The van der Waals surface area contributed by atoms with Crippen LogP contribution >= 0.6 is 0 Å². The number of nitrogens with two attached hydrogens (primary N) is 1. The summed E-state index contributed by atoms with van der Waals surface area (Å²) in [6.07, 6.45) is 3.36. The Bertz CT molecular complexity index is 236. The summed E-state index contributed by atoms with van der Waals surface area (Å²) in [5.74, 6) is 0. The van der Waals surface area contributed by atoms with Gasteiger partial charge in [0.1, 0.15) is 0 Å². The maximum Gasteiger partial charge on any atom is 0.332 e. The molecule has 3 N–H and O–H groups in total. The number of hydrogen-bond acceptors (Lipinski definition) is 2. The molecule has 0 atom stereocenters. The molecule has 0 aliphatic rings. The lowest BCUT2D eigenvalue weighted by atomic mass is 9.88. The van der Waals surface area contributed by atoms with Crippen LogP contribution in [0.1, 0.15) is 27.7 Å². The predicted molar refractivity (Wildman–Crippen MR) is 54.4 cm³/mol. The van der Waals surface area contributed by atoms with Crippen molar-refractivity contribution in [3.05, 3.63) is 11.6 Å². The Balaban J connectivity index is 4.12. The Labute approximate surface area is 78.9 Å². The molecule has 0 saturated heterocycles. The number of rotatable bonds is 2. The number of nitrogens with zero attached hydrogens (tertiary/aromatic N) is 1. The zero-order valence-electron chi connectivity index (χ0n) is 8.59. The Hall–Kier alpha value is -1.32. The number of hydrazone groups is 1. The van der Waals surface area contributed by atoms with Crippen LogP contribution in [0.3, 0.4) is 0 Å². The maximum atomic E-state index is 10.2. The summed E-state index contributed by atoms with van der Waals surface area (Å²) in [4.78, 5) is 10.2. The molecule has 74 valence electrons. The molecule has 0 aromatic heterocycles. The summed E-state index contributed by atoms with van der Waals surface area (Å²) in [6.45, 7) is 8.33. The molecule has 0 spiro atoms. The quantitative estimate of drug-likeness (QED) is 0.496. The van der Waals surface area contributed by atoms with E-state index in [0.29, 0.717) is 0 Å². The van der Waals surface area contributed by atoms with E-state index in [1.807, 2.05) is 13.0 Å². The van der Waals surface area contributed by atoms with Crippen molar-refractivity contribution in [2.24, 2.45) is 16.3 Å². The highest BCUT2D eigenvalue weighted by atomic mass is 16.2. The third-order valence-corrected chi connectivity index (χ3v) is 1.76. The zero-order chi connectivity index (χ0) is 10.5. The van der Waals surface area contributed by atoms with Crippen LogP contribution in [0.4, 0.5) is 4.79 Å². The van der Waals surface area contributed by atoms with Gasteiger partial charge < -0.3 is 5.73 Å². The van der Waals surface area contributed by atoms with Gasteiger partial charge in [0.05, 0.1) is 0 Å². The molecular formula is C9H17N3O. The van der Waals surface area contributed by atoms with Gasteiger partial charge in [-0.15, -0.1) is 0 Å². The summed E-state index contributed by atoms with van der Waals surface area (Å²) in [7, 11) is 0. The van der Waals surface area contributed by atoms with E-state index in [2.05, 4.69) is 31.3 Å². The lowest BCUT2D eigenvalue weighted by Gasteiger charge is -2.18. The standard InChI is InChI=1S/C9H17N3O/c1-7(9(2,3)4)5-6-11-12-8(10)13/h5-6H,1-4H3,(H3,10,12,13)/b7-5+,11-6+. The Morgan fingerprint density at radius 3 is 2.38 bits per heavy atom. The van der Waals surface area contributed by atoms with E-state index >= 15 is 0 Å². The highest BCUT2D eigenvalue weighted by Crippen LogP contribution is 2.23. The van der Waals surface area contributed by atoms with E-state index in [4.69, 9.17) is 5.73 Å². The molecule has 0 aromatic carbocycles. The van der Waals surface area contributed by atoms with Gasteiger partial charge in [0.25, 0.3) is 0 Å². The first-order valence-electron chi connectivity index (χ1n) is 4.10. The Morgan fingerprint density at radius 1 is 1.46 bits per heavy atom. The normalized spacial score (nSPS) is 13.4. The molecule has 13 heavy (non-hydrogen) atoms. The van der Waals surface area contributed by atoms with Crippen molar-refractivity contribution < 1.29 is 4.79 Å². The molecule has 0 bridgehead atoms. The lowest BCUT2D eigenvalue weighted by molar-refractivity contribution is 0.249. The smallest absolute Gasteiger partial charge is 0.332 e. The van der Waals surface area contributed by atoms with Gasteiger partial charge in [-0.2, -0.15) is 5.10 Å². The first-order chi connectivity index (χ1) is 5.84. The minimum atomic E-state index is -0.655. The van der Waals surface area contributed by atoms with Crippen molar-refractivity contribution in [3.63, 3.8) is 0 Å². The molecule has 4 nitrogen and oxygen atoms in total. The largest absolute Gasteiger partial charge is 0.350 e. The number of hydrogen-bond donors (Lipinski definition) is 2. The molecule has 2 amide bonds. The van der Waals surface area contributed by atoms with Crippen LogP contribution in [-0.2, 0) is 0 Å². The Morgan fingerprint density at radius 2 is 2.00 bits per heavy atom. The monoisotopic (exact) mass is 183 g/mol. The van der Waals surface area contributed by atoms with Crippen LogP contribution in [0.15, 0.2) is 16.8 Å². The van der Waals surface area contributed by atoms with Crippen LogP contribution in [0.5, 0.6) is 0 Å². The van der Waals surface area contributed by atoms with Gasteiger partial charge in [0, 0.05) is 6.21 Å². The fourth-order valence-corrected chi connectivity index (χ4v) is 0.500. The van der Waals surface area contributed by atoms with Crippen LogP contribution in [0, 0.1) is 5.41 Å². The average Bonchev–Trinajstić information content (AvgIpc) is 1.95. The molecule has 4 heteroatoms. The second-order valence-corrected chi connectivity index (χ2v) is 3.85. The van der Waals surface area contributed by atoms with Crippen LogP contribution in [0.25, 0.3) is 0 Å². The predicted octanol–water partition coefficient (Wildman–Crippen LogP) is 1.63. The number of carbonyl (C=O) groups excluding carboxylic acids is 1. The van der Waals surface area contributed by atoms with E-state index in [9.17, 15) is 4.79 Å². The third kappa shape index (κ3) is 5.90. The number of allylic oxidation sites excluding steroid dienone is 2. The summed E-state index contributed by atoms with van der Waals surface area (Å²) < 4.78 is 0. The van der Waals surface area contributed by atoms with Gasteiger partial charge in [0.2, 0.25) is 0 Å². The van der Waals surface area contributed by atoms with Gasteiger partial charge in [-0.25, -0.2) is 10.2 Å². The molecule has 0 fully saturated rings. The van der Waals surface area contributed by atoms with Gasteiger partial charge in [-0.1, -0.05) is 26.3 Å². The average molecular weight is 183 g/mol. The molecule has 0 radical (unpaired) electrons. The molecule has 0 aliphatic carbocycles. The number of nitrogens with one attached hydrogen (secondary N) is 1. The first-order valence-corrected chi connectivity index (χ1v) is 4.10. The van der Waals surface area contributed by atoms with Gasteiger partial charge in [0.15, 0.2) is 0 Å². The van der Waals surface area contributed by atoms with Crippen molar-refractivity contribution in [1.29, 1.82) is 0 Å². The van der Waals surface area contributed by atoms with Gasteiger partial charge >= 0.3 is 6.03 Å². The first kappa shape index (κ1) is 11.7. The number of urea groups is 1. The number of amides is 2. The molecule has 0 aromatic rings. The molecule has 0 unspecified atom stereocenters. The SMILES string of the molecule is C/C(=C\C=N\NC(N)=O)C(C)(C)C. The second kappa shape index (κ2) is 4.64. The Kier molecular flexibility index (Phi) is 4.17. The third-order valence-electron chi connectivity index (χ3n) is 1.76. The second-order valence-electron chi connectivity index (χ2n) is 3.85. The number of primary amides is 1. The van der Waals surface area contributed by atoms with Crippen molar-refractivity contribution >= 4 is 12.2 Å². The van der Waals surface area contributed by atoms with E-state index in [1.54, 1.807) is 0 Å². The van der Waals surface area contributed by atoms with E-state index in [0.717, 1.165) is 0 Å². The van der Waals surface area contributed by atoms with Crippen molar-refractivity contribution in [3.8, 4) is 0 Å². The lowest BCUT2D eigenvalue weighted by Crippen LogP contribution is -2.24. The zero-order valence-corrected chi connectivity index (χ0v) is 8.59. The molecule has 0 heterocycles. The maximum absolute atomic E-state index is 10.2. The van der Waals surface area contributed by atoms with E-state index in [-0.39, 0.29) is 5.41 Å². The summed E-state index contributed by atoms with van der Waals surface area (Å²) in [5, 5.41) is 3.60. The fraction of sp³-hybridized carbons (Fsp3) is 0.556. The van der Waals surface area contributed by atoms with Gasteiger partial charge in [-0.05, 0) is 18.4 Å². The molecular weight excluding hydrogens is 166 g/mol. The highest BCUT2D eigenvalue weighted by molar-refractivity contribution is 5.76. The van der Waals surface area contributed by atoms with Crippen molar-refractivity contribution in [2.75, 3.05) is 0 Å². The van der Waals surface area contributed by atoms with E-state index in [1.165, 1.54) is 11.8 Å². The molecule has 0 saturated carbocycles. The molecule has 0 aliphatic heterocycles. The van der Waals surface area contributed by atoms with Crippen molar-refractivity contribution in [2.45, 2.75) is 27.7 Å². The molecule has 0 rings (SSSR count). The summed E-state index contributed by atoms with van der Waals surface area (Å²) in [6, 6.07) is -0.655. The fourth-order valence-electron chi connectivity index (χ4n) is 0.500. The number of carbonyl (C=O) groups is 1. The summed E-state index contributed by atoms with van der Waals surface area (Å²) in [5.41, 5.74) is 8.23. The topological polar surface area (TPSA) is 67.5 Å². The highest BCUT2D eigenvalue weighted by Gasteiger charge is 2.10. The van der Waals surface area contributed by atoms with Gasteiger partial charge in [-0.3, -0.25) is 0 Å². The van der Waals surface area contributed by atoms with Crippen LogP contribution in [-0.4, -0.2) is 12.2 Å².